The van der Waals surface area contributed by atoms with Gasteiger partial charge >= 0.3 is 0 Å². The summed E-state index contributed by atoms with van der Waals surface area (Å²) in [6, 6.07) is 11.5. The molecule has 1 saturated heterocycles. The molecule has 0 N–H and O–H groups in total. The van der Waals surface area contributed by atoms with Gasteiger partial charge in [-0.1, -0.05) is 42.1 Å². The number of hydrogen-bond acceptors (Lipinski definition) is 6. The lowest BCUT2D eigenvalue weighted by atomic mass is 10.1. The number of aryl methyl sites for hydroxylation is 1. The first-order chi connectivity index (χ1) is 12.9. The summed E-state index contributed by atoms with van der Waals surface area (Å²) in [6.45, 7) is 4.29. The van der Waals surface area contributed by atoms with Gasteiger partial charge in [0.1, 0.15) is 0 Å². The summed E-state index contributed by atoms with van der Waals surface area (Å²) in [7, 11) is -3.02. The summed E-state index contributed by atoms with van der Waals surface area (Å²) in [5, 5.41) is 0.553. The summed E-state index contributed by atoms with van der Waals surface area (Å²) < 4.78 is 23.4. The van der Waals surface area contributed by atoms with Crippen LogP contribution in [0.1, 0.15) is 19.0 Å². The third-order valence-corrected chi connectivity index (χ3v) is 7.12. The SMILES string of the molecule is CCN(C(=O)CSc1nc(C)cc(-c2ccccc2)n1)[C@@H]1CCS(=O)(=O)C1. The molecule has 6 nitrogen and oxygen atoms in total. The Labute approximate surface area is 164 Å². The number of benzene rings is 1. The fraction of sp³-hybridized carbons (Fsp3) is 0.421. The molecule has 3 rings (SSSR count). The molecular weight excluding hydrogens is 382 g/mol. The van der Waals surface area contributed by atoms with Gasteiger partial charge in [0, 0.05) is 23.8 Å². The number of amides is 1. The minimum atomic E-state index is -3.02. The number of hydrogen-bond donors (Lipinski definition) is 0. The Morgan fingerprint density at radius 2 is 2.00 bits per heavy atom. The monoisotopic (exact) mass is 405 g/mol. The first-order valence-corrected chi connectivity index (χ1v) is 11.7. The van der Waals surface area contributed by atoms with E-state index in [1.807, 2.05) is 50.2 Å². The van der Waals surface area contributed by atoms with Crippen LogP contribution in [0.25, 0.3) is 11.3 Å². The van der Waals surface area contributed by atoms with Gasteiger partial charge in [0.15, 0.2) is 15.0 Å². The van der Waals surface area contributed by atoms with Crippen molar-refractivity contribution < 1.29 is 13.2 Å². The third-order valence-electron chi connectivity index (χ3n) is 4.54. The number of sulfone groups is 1. The Hall–Kier alpha value is -1.93. The van der Waals surface area contributed by atoms with Gasteiger partial charge in [-0.15, -0.1) is 0 Å². The zero-order chi connectivity index (χ0) is 19.4. The molecule has 0 saturated carbocycles. The van der Waals surface area contributed by atoms with Gasteiger partial charge in [-0.3, -0.25) is 4.79 Å². The van der Waals surface area contributed by atoms with Crippen LogP contribution in [0.4, 0.5) is 0 Å². The number of carbonyl (C=O) groups is 1. The highest BCUT2D eigenvalue weighted by molar-refractivity contribution is 7.99. The van der Waals surface area contributed by atoms with E-state index in [9.17, 15) is 13.2 Å². The Balaban J connectivity index is 1.69. The Morgan fingerprint density at radius 3 is 2.63 bits per heavy atom. The van der Waals surface area contributed by atoms with Gasteiger partial charge in [0.05, 0.1) is 23.0 Å². The van der Waals surface area contributed by atoms with Crippen molar-refractivity contribution >= 4 is 27.5 Å². The van der Waals surface area contributed by atoms with Gasteiger partial charge in [-0.2, -0.15) is 0 Å². The smallest absolute Gasteiger partial charge is 0.233 e. The highest BCUT2D eigenvalue weighted by Gasteiger charge is 2.33. The zero-order valence-electron chi connectivity index (χ0n) is 15.5. The molecule has 0 unspecified atom stereocenters. The van der Waals surface area contributed by atoms with Crippen LogP contribution in [-0.4, -0.2) is 59.0 Å². The van der Waals surface area contributed by atoms with Gasteiger partial charge in [0.2, 0.25) is 5.91 Å². The zero-order valence-corrected chi connectivity index (χ0v) is 17.1. The lowest BCUT2D eigenvalue weighted by molar-refractivity contribution is -0.129. The number of thioether (sulfide) groups is 1. The van der Waals surface area contributed by atoms with Gasteiger partial charge < -0.3 is 4.90 Å². The summed E-state index contributed by atoms with van der Waals surface area (Å²) in [5.41, 5.74) is 2.67. The summed E-state index contributed by atoms with van der Waals surface area (Å²) in [6.07, 6.45) is 0.520. The lowest BCUT2D eigenvalue weighted by Gasteiger charge is -2.26. The summed E-state index contributed by atoms with van der Waals surface area (Å²) in [5.74, 6) is 0.352. The molecule has 0 bridgehead atoms. The van der Waals surface area contributed by atoms with Crippen LogP contribution in [0, 0.1) is 6.92 Å². The number of rotatable bonds is 6. The minimum absolute atomic E-state index is 0.0658. The minimum Gasteiger partial charge on any atom is -0.338 e. The normalized spacial score (nSPS) is 18.4. The molecule has 144 valence electrons. The Bertz CT molecular complexity index is 917. The molecule has 1 fully saturated rings. The van der Waals surface area contributed by atoms with Crippen LogP contribution >= 0.6 is 11.8 Å². The van der Waals surface area contributed by atoms with E-state index in [2.05, 4.69) is 9.97 Å². The summed E-state index contributed by atoms with van der Waals surface area (Å²) >= 11 is 1.29. The maximum Gasteiger partial charge on any atom is 0.233 e. The first-order valence-electron chi connectivity index (χ1n) is 8.92. The maximum absolute atomic E-state index is 12.6. The van der Waals surface area contributed by atoms with Crippen molar-refractivity contribution in [1.29, 1.82) is 0 Å². The van der Waals surface area contributed by atoms with Crippen molar-refractivity contribution in [3.63, 3.8) is 0 Å². The molecule has 2 heterocycles. The average molecular weight is 406 g/mol. The first kappa shape index (κ1) is 19.8. The molecule has 1 atom stereocenters. The number of nitrogens with zero attached hydrogens (tertiary/aromatic N) is 3. The molecule has 2 aromatic rings. The summed E-state index contributed by atoms with van der Waals surface area (Å²) in [4.78, 5) is 23.3. The largest absolute Gasteiger partial charge is 0.338 e. The van der Waals surface area contributed by atoms with E-state index in [4.69, 9.17) is 0 Å². The molecule has 1 aliphatic rings. The molecule has 0 aliphatic carbocycles. The van der Waals surface area contributed by atoms with E-state index in [0.717, 1.165) is 17.0 Å². The van der Waals surface area contributed by atoms with E-state index in [1.165, 1.54) is 11.8 Å². The molecular formula is C19H23N3O3S2. The molecule has 0 spiro atoms. The fourth-order valence-electron chi connectivity index (χ4n) is 3.23. The fourth-order valence-corrected chi connectivity index (χ4v) is 5.75. The van der Waals surface area contributed by atoms with Crippen LogP contribution in [0.5, 0.6) is 0 Å². The highest BCUT2D eigenvalue weighted by atomic mass is 32.2. The quantitative estimate of drug-likeness (QED) is 0.543. The number of aromatic nitrogens is 2. The topological polar surface area (TPSA) is 80.2 Å². The number of carbonyl (C=O) groups excluding carboxylic acids is 1. The Morgan fingerprint density at radius 1 is 1.26 bits per heavy atom. The van der Waals surface area contributed by atoms with Crippen molar-refractivity contribution in [2.75, 3.05) is 23.8 Å². The molecule has 1 amide bonds. The van der Waals surface area contributed by atoms with E-state index in [-0.39, 0.29) is 29.2 Å². The van der Waals surface area contributed by atoms with E-state index >= 15 is 0 Å². The van der Waals surface area contributed by atoms with Crippen molar-refractivity contribution in [2.45, 2.75) is 31.5 Å². The van der Waals surface area contributed by atoms with E-state index in [0.29, 0.717) is 18.1 Å². The lowest BCUT2D eigenvalue weighted by Crippen LogP contribution is -2.41. The van der Waals surface area contributed by atoms with Gasteiger partial charge in [-0.05, 0) is 26.3 Å². The van der Waals surface area contributed by atoms with Gasteiger partial charge in [-0.25, -0.2) is 18.4 Å². The third kappa shape index (κ3) is 5.07. The molecule has 27 heavy (non-hydrogen) atoms. The highest BCUT2D eigenvalue weighted by Crippen LogP contribution is 2.23. The van der Waals surface area contributed by atoms with Crippen LogP contribution in [0.3, 0.4) is 0 Å². The predicted octanol–water partition coefficient (Wildman–Crippen LogP) is 2.58. The molecule has 1 aromatic carbocycles. The van der Waals surface area contributed by atoms with E-state index in [1.54, 1.807) is 4.90 Å². The second kappa shape index (κ2) is 8.39. The van der Waals surface area contributed by atoms with Crippen molar-refractivity contribution in [3.05, 3.63) is 42.1 Å². The van der Waals surface area contributed by atoms with Crippen molar-refractivity contribution in [2.24, 2.45) is 0 Å². The van der Waals surface area contributed by atoms with Crippen LogP contribution < -0.4 is 0 Å². The molecule has 0 radical (unpaired) electrons. The average Bonchev–Trinajstić information content (AvgIpc) is 3.00. The van der Waals surface area contributed by atoms with Crippen LogP contribution in [-0.2, 0) is 14.6 Å². The molecule has 1 aliphatic heterocycles. The standard InChI is InChI=1S/C19H23N3O3S2/c1-3-22(16-9-10-27(24,25)13-16)18(23)12-26-19-20-14(2)11-17(21-19)15-7-5-4-6-8-15/h4-8,11,16H,3,9-10,12-13H2,1-2H3/t16-/m1/s1. The van der Waals surface area contributed by atoms with Crippen molar-refractivity contribution in [3.8, 4) is 11.3 Å². The molecule has 1 aromatic heterocycles. The second-order valence-corrected chi connectivity index (χ2v) is 9.74. The second-order valence-electron chi connectivity index (χ2n) is 6.57. The predicted molar refractivity (Wildman–Crippen MR) is 107 cm³/mol. The maximum atomic E-state index is 12.6. The van der Waals surface area contributed by atoms with Crippen LogP contribution in [0.15, 0.2) is 41.6 Å². The molecule has 8 heteroatoms. The van der Waals surface area contributed by atoms with Gasteiger partial charge in [0.25, 0.3) is 0 Å². The van der Waals surface area contributed by atoms with Crippen molar-refractivity contribution in [1.82, 2.24) is 14.9 Å². The Kier molecular flexibility index (Phi) is 6.16. The van der Waals surface area contributed by atoms with E-state index < -0.39 is 9.84 Å². The van der Waals surface area contributed by atoms with Crippen LogP contribution in [0.2, 0.25) is 0 Å².